The number of fused-ring (bicyclic) bond motifs is 2. The highest BCUT2D eigenvalue weighted by molar-refractivity contribution is 5.83. The van der Waals surface area contributed by atoms with Crippen LogP contribution in [0.5, 0.6) is 34.5 Å². The molecule has 1 fully saturated rings. The van der Waals surface area contributed by atoms with E-state index in [0.29, 0.717) is 34.5 Å². The summed E-state index contributed by atoms with van der Waals surface area (Å²) < 4.78 is 38.2. The van der Waals surface area contributed by atoms with Crippen LogP contribution in [0.4, 0.5) is 0 Å². The van der Waals surface area contributed by atoms with Crippen LogP contribution in [-0.2, 0) is 9.53 Å². The number of cyclic esters (lactones) is 1. The van der Waals surface area contributed by atoms with Crippen LogP contribution >= 0.6 is 0 Å². The molecule has 3 aliphatic heterocycles. The van der Waals surface area contributed by atoms with E-state index in [1.54, 1.807) is 26.4 Å². The highest BCUT2D eigenvalue weighted by Crippen LogP contribution is 2.50. The number of carbonyl (C=O) groups excluding carboxylic acids is 1. The Morgan fingerprint density at radius 3 is 1.96 bits per heavy atom. The van der Waals surface area contributed by atoms with Crippen molar-refractivity contribution in [1.82, 2.24) is 0 Å². The first-order valence-corrected chi connectivity index (χ1v) is 8.81. The highest BCUT2D eigenvalue weighted by atomic mass is 16.7. The fourth-order valence-corrected chi connectivity index (χ4v) is 3.87. The molecule has 0 spiro atoms. The van der Waals surface area contributed by atoms with Gasteiger partial charge in [-0.25, -0.2) is 0 Å². The molecule has 2 aromatic carbocycles. The molecule has 146 valence electrons. The average molecular weight is 386 g/mol. The number of methoxy groups -OCH3 is 2. The van der Waals surface area contributed by atoms with Crippen molar-refractivity contribution in [3.05, 3.63) is 35.4 Å². The molecule has 0 radical (unpaired) electrons. The summed E-state index contributed by atoms with van der Waals surface area (Å²) in [4.78, 5) is 12.6. The van der Waals surface area contributed by atoms with E-state index in [1.165, 1.54) is 0 Å². The molecule has 0 amide bonds. The summed E-state index contributed by atoms with van der Waals surface area (Å²) in [5.41, 5.74) is 1.61. The van der Waals surface area contributed by atoms with Crippen molar-refractivity contribution < 1.29 is 38.0 Å². The van der Waals surface area contributed by atoms with E-state index in [1.807, 2.05) is 12.1 Å². The number of ether oxygens (including phenoxy) is 7. The van der Waals surface area contributed by atoms with Gasteiger partial charge in [0, 0.05) is 5.92 Å². The topological polar surface area (TPSA) is 81.7 Å². The van der Waals surface area contributed by atoms with Crippen LogP contribution in [0.1, 0.15) is 23.0 Å². The molecule has 5 rings (SSSR count). The molecule has 3 heterocycles. The summed E-state index contributed by atoms with van der Waals surface area (Å²) in [6.07, 6.45) is 0. The fraction of sp³-hybridized carbons (Fsp3) is 0.350. The largest absolute Gasteiger partial charge is 0.493 e. The maximum absolute atomic E-state index is 12.6. The molecule has 8 heteroatoms. The maximum atomic E-state index is 12.6. The van der Waals surface area contributed by atoms with Gasteiger partial charge in [-0.05, 0) is 35.4 Å². The minimum atomic E-state index is -0.520. The Bertz CT molecular complexity index is 954. The zero-order valence-corrected chi connectivity index (χ0v) is 15.4. The average Bonchev–Trinajstić information content (AvgIpc) is 3.44. The number of hydrogen-bond donors (Lipinski definition) is 0. The third-order valence-corrected chi connectivity index (χ3v) is 5.21. The predicted molar refractivity (Wildman–Crippen MR) is 94.7 cm³/mol. The zero-order chi connectivity index (χ0) is 19.3. The molecule has 2 aromatic rings. The summed E-state index contributed by atoms with van der Waals surface area (Å²) in [5, 5.41) is 0. The fourth-order valence-electron chi connectivity index (χ4n) is 3.87. The third-order valence-electron chi connectivity index (χ3n) is 5.21. The molecule has 3 aliphatic rings. The highest BCUT2D eigenvalue weighted by Gasteiger charge is 2.41. The van der Waals surface area contributed by atoms with Gasteiger partial charge in [0.15, 0.2) is 23.0 Å². The van der Waals surface area contributed by atoms with Crippen LogP contribution in [0, 0.1) is 0 Å². The van der Waals surface area contributed by atoms with Gasteiger partial charge in [-0.2, -0.15) is 0 Å². The molecule has 2 atom stereocenters. The number of rotatable bonds is 4. The van der Waals surface area contributed by atoms with E-state index in [2.05, 4.69) is 0 Å². The Balaban J connectivity index is 1.58. The van der Waals surface area contributed by atoms with Crippen molar-refractivity contribution in [2.24, 2.45) is 0 Å². The monoisotopic (exact) mass is 386 g/mol. The summed E-state index contributed by atoms with van der Waals surface area (Å²) in [7, 11) is 3.12. The summed E-state index contributed by atoms with van der Waals surface area (Å²) in [6.45, 7) is 0.508. The van der Waals surface area contributed by atoms with E-state index in [0.717, 1.165) is 11.1 Å². The Hall–Kier alpha value is -3.29. The Morgan fingerprint density at radius 1 is 0.786 bits per heavy atom. The van der Waals surface area contributed by atoms with E-state index in [4.69, 9.17) is 33.2 Å². The van der Waals surface area contributed by atoms with E-state index >= 15 is 0 Å². The van der Waals surface area contributed by atoms with Gasteiger partial charge in [0.05, 0.1) is 26.7 Å². The van der Waals surface area contributed by atoms with E-state index < -0.39 is 5.92 Å². The normalized spacial score (nSPS) is 21.6. The minimum Gasteiger partial charge on any atom is -0.493 e. The van der Waals surface area contributed by atoms with Crippen LogP contribution in [0.15, 0.2) is 24.3 Å². The molecule has 0 aromatic heterocycles. The second kappa shape index (κ2) is 6.40. The van der Waals surface area contributed by atoms with Gasteiger partial charge in [-0.3, -0.25) is 4.79 Å². The van der Waals surface area contributed by atoms with Crippen molar-refractivity contribution in [2.45, 2.75) is 11.8 Å². The molecule has 1 saturated heterocycles. The zero-order valence-electron chi connectivity index (χ0n) is 15.4. The van der Waals surface area contributed by atoms with Gasteiger partial charge >= 0.3 is 5.97 Å². The quantitative estimate of drug-likeness (QED) is 0.742. The molecule has 0 bridgehead atoms. The van der Waals surface area contributed by atoms with Crippen LogP contribution in [0.2, 0.25) is 0 Å². The molecule has 0 saturated carbocycles. The second-order valence-corrected chi connectivity index (χ2v) is 6.63. The van der Waals surface area contributed by atoms with E-state index in [9.17, 15) is 4.79 Å². The molecule has 8 nitrogen and oxygen atoms in total. The van der Waals surface area contributed by atoms with Crippen LogP contribution in [0.25, 0.3) is 0 Å². The van der Waals surface area contributed by atoms with Crippen molar-refractivity contribution >= 4 is 5.97 Å². The lowest BCUT2D eigenvalue weighted by atomic mass is 9.83. The van der Waals surface area contributed by atoms with Crippen LogP contribution in [-0.4, -0.2) is 40.4 Å². The SMILES string of the molecule is COc1cc([C@H]2COC(=O)[C@@H]2c2cc(OC)c3c(c2)OCO3)cc2c1OCO2. The van der Waals surface area contributed by atoms with Gasteiger partial charge in [0.25, 0.3) is 0 Å². The molecule has 28 heavy (non-hydrogen) atoms. The number of hydrogen-bond acceptors (Lipinski definition) is 8. The van der Waals surface area contributed by atoms with Gasteiger partial charge < -0.3 is 33.2 Å². The van der Waals surface area contributed by atoms with Gasteiger partial charge in [0.2, 0.25) is 25.1 Å². The lowest BCUT2D eigenvalue weighted by Crippen LogP contribution is -2.13. The maximum Gasteiger partial charge on any atom is 0.314 e. The molecule has 0 unspecified atom stereocenters. The van der Waals surface area contributed by atoms with Gasteiger partial charge in [-0.1, -0.05) is 0 Å². The lowest BCUT2D eigenvalue weighted by Gasteiger charge is -2.18. The van der Waals surface area contributed by atoms with Crippen molar-refractivity contribution in [3.8, 4) is 34.5 Å². The Morgan fingerprint density at radius 2 is 1.36 bits per heavy atom. The van der Waals surface area contributed by atoms with Crippen molar-refractivity contribution in [2.75, 3.05) is 34.4 Å². The number of esters is 1. The van der Waals surface area contributed by atoms with E-state index in [-0.39, 0.29) is 32.1 Å². The van der Waals surface area contributed by atoms with Gasteiger partial charge in [0.1, 0.15) is 0 Å². The first kappa shape index (κ1) is 16.9. The van der Waals surface area contributed by atoms with Crippen LogP contribution in [0.3, 0.4) is 0 Å². The first-order chi connectivity index (χ1) is 13.7. The Kier molecular flexibility index (Phi) is 3.85. The lowest BCUT2D eigenvalue weighted by molar-refractivity contribution is -0.139. The smallest absolute Gasteiger partial charge is 0.314 e. The molecule has 0 N–H and O–H groups in total. The summed E-state index contributed by atoms with van der Waals surface area (Å²) in [6, 6.07) is 7.33. The van der Waals surface area contributed by atoms with Crippen LogP contribution < -0.4 is 28.4 Å². The predicted octanol–water partition coefficient (Wildman–Crippen LogP) is 2.59. The molecular formula is C20H18O8. The third kappa shape index (κ3) is 2.48. The summed E-state index contributed by atoms with van der Waals surface area (Å²) >= 11 is 0. The second-order valence-electron chi connectivity index (χ2n) is 6.63. The summed E-state index contributed by atoms with van der Waals surface area (Å²) in [5.74, 6) is 2.29. The molecular weight excluding hydrogens is 368 g/mol. The Labute approximate surface area is 160 Å². The standard InChI is InChI=1S/C20H18O8/c1-22-13-3-10(4-15-18(13)27-8-25-15)12-7-24-20(21)17(12)11-5-14(23-2)19-16(6-11)26-9-28-19/h3-6,12,17H,7-9H2,1-2H3/t12-,17-/m1/s1. The first-order valence-electron chi connectivity index (χ1n) is 8.81. The van der Waals surface area contributed by atoms with Crippen molar-refractivity contribution in [1.29, 1.82) is 0 Å². The van der Waals surface area contributed by atoms with Crippen molar-refractivity contribution in [3.63, 3.8) is 0 Å². The number of carbonyl (C=O) groups is 1. The minimum absolute atomic E-state index is 0.118. The molecule has 0 aliphatic carbocycles. The van der Waals surface area contributed by atoms with Gasteiger partial charge in [-0.15, -0.1) is 0 Å². The number of benzene rings is 2.